The van der Waals surface area contributed by atoms with Crippen LogP contribution in [0.2, 0.25) is 5.02 Å². The zero-order valence-corrected chi connectivity index (χ0v) is 22.1. The van der Waals surface area contributed by atoms with Crippen LogP contribution < -0.4 is 19.7 Å². The molecule has 0 unspecified atom stereocenters. The molecule has 190 valence electrons. The first kappa shape index (κ1) is 26.3. The van der Waals surface area contributed by atoms with Gasteiger partial charge in [0.15, 0.2) is 18.1 Å². The van der Waals surface area contributed by atoms with E-state index >= 15 is 0 Å². The third-order valence-corrected chi connectivity index (χ3v) is 6.67. The normalized spacial score (nSPS) is 14.4. The van der Waals surface area contributed by atoms with Gasteiger partial charge >= 0.3 is 0 Å². The van der Waals surface area contributed by atoms with Gasteiger partial charge in [-0.25, -0.2) is 4.90 Å². The van der Waals surface area contributed by atoms with Crippen LogP contribution in [0.1, 0.15) is 30.9 Å². The first-order chi connectivity index (χ1) is 17.8. The monoisotopic (exact) mass is 536 g/mol. The average molecular weight is 537 g/mol. The van der Waals surface area contributed by atoms with Crippen LogP contribution in [-0.4, -0.2) is 30.8 Å². The Bertz CT molecular complexity index is 1390. The number of imide groups is 1. The largest absolute Gasteiger partial charge is 0.493 e. The van der Waals surface area contributed by atoms with E-state index in [4.69, 9.17) is 21.1 Å². The van der Waals surface area contributed by atoms with Gasteiger partial charge < -0.3 is 14.8 Å². The van der Waals surface area contributed by atoms with Gasteiger partial charge in [-0.15, -0.1) is 0 Å². The highest BCUT2D eigenvalue weighted by atomic mass is 35.5. The zero-order valence-electron chi connectivity index (χ0n) is 20.5. The molecule has 1 N–H and O–H groups in total. The first-order valence-electron chi connectivity index (χ1n) is 11.5. The number of halogens is 1. The number of methoxy groups -OCH3 is 1. The molecule has 3 amide bonds. The van der Waals surface area contributed by atoms with Gasteiger partial charge in [0.05, 0.1) is 17.7 Å². The van der Waals surface area contributed by atoms with Crippen molar-refractivity contribution in [3.8, 4) is 11.5 Å². The molecule has 37 heavy (non-hydrogen) atoms. The van der Waals surface area contributed by atoms with Gasteiger partial charge in [0.1, 0.15) is 0 Å². The summed E-state index contributed by atoms with van der Waals surface area (Å²) in [6.07, 6.45) is 1.61. The second kappa shape index (κ2) is 11.5. The molecular weight excluding hydrogens is 512 g/mol. The maximum atomic E-state index is 12.9. The number of anilines is 2. The number of ether oxygens (including phenoxy) is 2. The number of para-hydroxylation sites is 1. The molecule has 9 heteroatoms. The van der Waals surface area contributed by atoms with Crippen LogP contribution in [0.15, 0.2) is 71.6 Å². The smallest absolute Gasteiger partial charge is 0.298 e. The summed E-state index contributed by atoms with van der Waals surface area (Å²) in [4.78, 5) is 39.3. The number of hydrogen-bond donors (Lipinski definition) is 1. The molecule has 0 bridgehead atoms. The molecule has 0 atom stereocenters. The Balaban J connectivity index is 1.45. The lowest BCUT2D eigenvalue weighted by atomic mass is 10.0. The third kappa shape index (κ3) is 6.15. The van der Waals surface area contributed by atoms with Gasteiger partial charge in [-0.1, -0.05) is 55.8 Å². The predicted molar refractivity (Wildman–Crippen MR) is 148 cm³/mol. The van der Waals surface area contributed by atoms with Gasteiger partial charge in [-0.3, -0.25) is 14.4 Å². The van der Waals surface area contributed by atoms with Gasteiger partial charge in [0.2, 0.25) is 0 Å². The van der Waals surface area contributed by atoms with Crippen molar-refractivity contribution in [1.29, 1.82) is 0 Å². The zero-order chi connectivity index (χ0) is 26.5. The number of carbonyl (C=O) groups excluding carboxylic acids is 3. The van der Waals surface area contributed by atoms with Crippen molar-refractivity contribution >= 4 is 57.9 Å². The van der Waals surface area contributed by atoms with Gasteiger partial charge in [0.25, 0.3) is 17.1 Å². The standard InChI is InChI=1S/C28H25ClN2O5S/c1-17(2)21-9-4-5-10-22(21)30-26(32)16-36-23-12-11-18(13-24(23)35-3)14-25-27(33)31(28(34)37-25)20-8-6-7-19(29)15-20/h4-15,17H,16H2,1-3H3,(H,30,32)/b25-14+. The minimum atomic E-state index is -0.435. The van der Waals surface area contributed by atoms with Crippen molar-refractivity contribution in [3.05, 3.63) is 87.8 Å². The summed E-state index contributed by atoms with van der Waals surface area (Å²) in [7, 11) is 1.48. The Morgan fingerprint density at radius 2 is 1.84 bits per heavy atom. The molecule has 0 aliphatic carbocycles. The predicted octanol–water partition coefficient (Wildman–Crippen LogP) is 6.73. The number of amides is 3. The Labute approximate surface area is 224 Å². The van der Waals surface area contributed by atoms with Crippen LogP contribution in [-0.2, 0) is 9.59 Å². The molecule has 0 saturated carbocycles. The molecule has 1 aliphatic heterocycles. The van der Waals surface area contributed by atoms with Gasteiger partial charge in [-0.2, -0.15) is 0 Å². The minimum absolute atomic E-state index is 0.208. The molecule has 1 aliphatic rings. The van der Waals surface area contributed by atoms with E-state index in [2.05, 4.69) is 19.2 Å². The molecule has 3 aromatic carbocycles. The van der Waals surface area contributed by atoms with Crippen LogP contribution in [0.25, 0.3) is 6.08 Å². The highest BCUT2D eigenvalue weighted by Crippen LogP contribution is 2.37. The van der Waals surface area contributed by atoms with Gasteiger partial charge in [0, 0.05) is 10.7 Å². The highest BCUT2D eigenvalue weighted by Gasteiger charge is 2.36. The van der Waals surface area contributed by atoms with Gasteiger partial charge in [-0.05, 0) is 71.3 Å². The summed E-state index contributed by atoms with van der Waals surface area (Å²) in [5.41, 5.74) is 2.84. The molecular formula is C28H25ClN2O5S. The molecule has 0 aromatic heterocycles. The maximum absolute atomic E-state index is 12.9. The molecule has 7 nitrogen and oxygen atoms in total. The molecule has 0 spiro atoms. The SMILES string of the molecule is COc1cc(/C=C2/SC(=O)N(c3cccc(Cl)c3)C2=O)ccc1OCC(=O)Nc1ccccc1C(C)C. The topological polar surface area (TPSA) is 84.9 Å². The molecule has 1 heterocycles. The van der Waals surface area contributed by atoms with E-state index in [0.717, 1.165) is 27.9 Å². The van der Waals surface area contributed by atoms with Crippen molar-refractivity contribution in [1.82, 2.24) is 0 Å². The highest BCUT2D eigenvalue weighted by molar-refractivity contribution is 8.19. The van der Waals surface area contributed by atoms with E-state index < -0.39 is 11.1 Å². The number of thioether (sulfide) groups is 1. The summed E-state index contributed by atoms with van der Waals surface area (Å²) < 4.78 is 11.1. The lowest BCUT2D eigenvalue weighted by Gasteiger charge is -2.15. The summed E-state index contributed by atoms with van der Waals surface area (Å²) in [6.45, 7) is 3.91. The van der Waals surface area contributed by atoms with Crippen molar-refractivity contribution in [2.24, 2.45) is 0 Å². The lowest BCUT2D eigenvalue weighted by molar-refractivity contribution is -0.118. The maximum Gasteiger partial charge on any atom is 0.298 e. The van der Waals surface area contributed by atoms with Crippen molar-refractivity contribution in [2.45, 2.75) is 19.8 Å². The molecule has 4 rings (SSSR count). The van der Waals surface area contributed by atoms with E-state index in [0.29, 0.717) is 27.8 Å². The summed E-state index contributed by atoms with van der Waals surface area (Å²) in [5, 5.41) is 2.91. The Morgan fingerprint density at radius 3 is 2.57 bits per heavy atom. The van der Waals surface area contributed by atoms with E-state index in [1.807, 2.05) is 24.3 Å². The number of carbonyl (C=O) groups is 3. The van der Waals surface area contributed by atoms with E-state index in [1.165, 1.54) is 7.11 Å². The average Bonchev–Trinajstić information content (AvgIpc) is 3.15. The number of benzene rings is 3. The lowest BCUT2D eigenvalue weighted by Crippen LogP contribution is -2.27. The fraction of sp³-hybridized carbons (Fsp3) is 0.179. The number of nitrogens with one attached hydrogen (secondary N) is 1. The molecule has 1 saturated heterocycles. The number of nitrogens with zero attached hydrogens (tertiary/aromatic N) is 1. The number of hydrogen-bond acceptors (Lipinski definition) is 6. The Kier molecular flexibility index (Phi) is 8.21. The first-order valence-corrected chi connectivity index (χ1v) is 12.7. The Hall–Kier alpha value is -3.75. The molecule has 1 fully saturated rings. The van der Waals surface area contributed by atoms with Crippen LogP contribution in [0.4, 0.5) is 16.2 Å². The number of rotatable bonds is 8. The second-order valence-corrected chi connectivity index (χ2v) is 9.92. The fourth-order valence-electron chi connectivity index (χ4n) is 3.79. The van der Waals surface area contributed by atoms with Crippen molar-refractivity contribution in [3.63, 3.8) is 0 Å². The molecule has 3 aromatic rings. The summed E-state index contributed by atoms with van der Waals surface area (Å²) in [5.74, 6) is 0.290. The Morgan fingerprint density at radius 1 is 1.05 bits per heavy atom. The molecule has 0 radical (unpaired) electrons. The third-order valence-electron chi connectivity index (χ3n) is 5.56. The van der Waals surface area contributed by atoms with E-state index in [9.17, 15) is 14.4 Å². The minimum Gasteiger partial charge on any atom is -0.493 e. The van der Waals surface area contributed by atoms with Crippen molar-refractivity contribution < 1.29 is 23.9 Å². The quantitative estimate of drug-likeness (QED) is 0.321. The van der Waals surface area contributed by atoms with Crippen LogP contribution in [0, 0.1) is 0 Å². The van der Waals surface area contributed by atoms with Crippen LogP contribution in [0.5, 0.6) is 11.5 Å². The van der Waals surface area contributed by atoms with Crippen LogP contribution in [0.3, 0.4) is 0 Å². The van der Waals surface area contributed by atoms with E-state index in [-0.39, 0.29) is 23.3 Å². The van der Waals surface area contributed by atoms with E-state index in [1.54, 1.807) is 48.5 Å². The van der Waals surface area contributed by atoms with Crippen LogP contribution >= 0.6 is 23.4 Å². The second-order valence-electron chi connectivity index (χ2n) is 8.49. The summed E-state index contributed by atoms with van der Waals surface area (Å²) >= 11 is 6.86. The van der Waals surface area contributed by atoms with Crippen molar-refractivity contribution in [2.75, 3.05) is 23.9 Å². The summed E-state index contributed by atoms with van der Waals surface area (Å²) in [6, 6.07) is 19.3. The fourth-order valence-corrected chi connectivity index (χ4v) is 4.82.